The van der Waals surface area contributed by atoms with E-state index in [4.69, 9.17) is 5.26 Å². The van der Waals surface area contributed by atoms with Gasteiger partial charge in [-0.3, -0.25) is 9.59 Å². The van der Waals surface area contributed by atoms with E-state index in [-0.39, 0.29) is 11.8 Å². The topological polar surface area (TPSA) is 82.0 Å². The number of nitrogens with one attached hydrogen (secondary N) is 2. The molecule has 2 aromatic carbocycles. The van der Waals surface area contributed by atoms with Gasteiger partial charge >= 0.3 is 0 Å². The predicted molar refractivity (Wildman–Crippen MR) is 93.7 cm³/mol. The van der Waals surface area contributed by atoms with Crippen molar-refractivity contribution in [3.05, 3.63) is 59.7 Å². The van der Waals surface area contributed by atoms with Crippen molar-refractivity contribution >= 4 is 23.2 Å². The van der Waals surface area contributed by atoms with E-state index in [1.54, 1.807) is 48.5 Å². The highest BCUT2D eigenvalue weighted by Crippen LogP contribution is 2.14. The summed E-state index contributed by atoms with van der Waals surface area (Å²) in [5.41, 5.74) is 2.32. The zero-order chi connectivity index (χ0) is 17.4. The molecule has 0 heterocycles. The Morgan fingerprint density at radius 2 is 1.54 bits per heavy atom. The minimum Gasteiger partial charge on any atom is -0.326 e. The fraction of sp³-hybridized carbons (Fsp3) is 0.211. The second-order valence-electron chi connectivity index (χ2n) is 5.37. The van der Waals surface area contributed by atoms with E-state index in [9.17, 15) is 9.59 Å². The molecule has 0 aliphatic carbocycles. The molecular formula is C19H19N3O2. The van der Waals surface area contributed by atoms with Crippen LogP contribution in [0, 0.1) is 11.3 Å². The number of carbonyl (C=O) groups is 2. The molecule has 2 amide bonds. The first-order chi connectivity index (χ1) is 11.6. The highest BCUT2D eigenvalue weighted by Gasteiger charge is 2.07. The van der Waals surface area contributed by atoms with Crippen LogP contribution in [0.3, 0.4) is 0 Å². The van der Waals surface area contributed by atoms with Crippen molar-refractivity contribution < 1.29 is 9.59 Å². The quantitative estimate of drug-likeness (QED) is 0.845. The smallest absolute Gasteiger partial charge is 0.255 e. The summed E-state index contributed by atoms with van der Waals surface area (Å²) >= 11 is 0. The van der Waals surface area contributed by atoms with E-state index >= 15 is 0 Å². The van der Waals surface area contributed by atoms with Crippen LogP contribution in [0.4, 0.5) is 11.4 Å². The monoisotopic (exact) mass is 321 g/mol. The Balaban J connectivity index is 1.95. The van der Waals surface area contributed by atoms with Gasteiger partial charge in [0.15, 0.2) is 0 Å². The highest BCUT2D eigenvalue weighted by molar-refractivity contribution is 6.04. The highest BCUT2D eigenvalue weighted by atomic mass is 16.2. The van der Waals surface area contributed by atoms with Crippen LogP contribution >= 0.6 is 0 Å². The normalized spacial score (nSPS) is 9.83. The van der Waals surface area contributed by atoms with Crippen LogP contribution in [0.5, 0.6) is 0 Å². The second-order valence-corrected chi connectivity index (χ2v) is 5.37. The molecule has 0 saturated heterocycles. The Morgan fingerprint density at radius 3 is 2.12 bits per heavy atom. The Kier molecular flexibility index (Phi) is 6.09. The summed E-state index contributed by atoms with van der Waals surface area (Å²) in [6.07, 6.45) is 2.33. The van der Waals surface area contributed by atoms with Crippen LogP contribution in [-0.2, 0) is 4.79 Å². The molecule has 122 valence electrons. The summed E-state index contributed by atoms with van der Waals surface area (Å²) in [5.74, 6) is -0.268. The van der Waals surface area contributed by atoms with Gasteiger partial charge in [0.05, 0.1) is 11.6 Å². The standard InChI is InChI=1S/C19H19N3O2/c1-2-3-4-18(23)21-16-11-7-15(8-12-16)19(24)22-17-9-5-14(13-20)6-10-17/h5-12H,2-4H2,1H3,(H,21,23)(H,22,24). The van der Waals surface area contributed by atoms with Crippen LogP contribution < -0.4 is 10.6 Å². The SMILES string of the molecule is CCCCC(=O)Nc1ccc(C(=O)Nc2ccc(C#N)cc2)cc1. The summed E-state index contributed by atoms with van der Waals surface area (Å²) in [4.78, 5) is 23.9. The third-order valence-electron chi connectivity index (χ3n) is 3.46. The van der Waals surface area contributed by atoms with Gasteiger partial charge in [-0.2, -0.15) is 5.26 Å². The van der Waals surface area contributed by atoms with Gasteiger partial charge in [-0.25, -0.2) is 0 Å². The Labute approximate surface area is 141 Å². The lowest BCUT2D eigenvalue weighted by Gasteiger charge is -2.07. The molecule has 5 nitrogen and oxygen atoms in total. The molecule has 0 radical (unpaired) electrons. The fourth-order valence-electron chi connectivity index (χ4n) is 2.10. The first-order valence-corrected chi connectivity index (χ1v) is 7.84. The van der Waals surface area contributed by atoms with Crippen molar-refractivity contribution in [3.63, 3.8) is 0 Å². The third-order valence-corrected chi connectivity index (χ3v) is 3.46. The molecule has 24 heavy (non-hydrogen) atoms. The maximum Gasteiger partial charge on any atom is 0.255 e. The van der Waals surface area contributed by atoms with Crippen molar-refractivity contribution in [1.29, 1.82) is 5.26 Å². The molecule has 0 spiro atoms. The molecule has 0 aliphatic rings. The molecule has 0 unspecified atom stereocenters. The maximum atomic E-state index is 12.2. The van der Waals surface area contributed by atoms with Gasteiger partial charge in [0.2, 0.25) is 5.91 Å². The first-order valence-electron chi connectivity index (χ1n) is 7.84. The predicted octanol–water partition coefficient (Wildman–Crippen LogP) is 3.94. The lowest BCUT2D eigenvalue weighted by atomic mass is 10.1. The van der Waals surface area contributed by atoms with Crippen molar-refractivity contribution in [2.75, 3.05) is 10.6 Å². The molecule has 0 fully saturated rings. The number of carbonyl (C=O) groups excluding carboxylic acids is 2. The van der Waals surface area contributed by atoms with Crippen molar-refractivity contribution in [1.82, 2.24) is 0 Å². The molecular weight excluding hydrogens is 302 g/mol. The van der Waals surface area contributed by atoms with Gasteiger partial charge in [-0.1, -0.05) is 13.3 Å². The van der Waals surface area contributed by atoms with Gasteiger partial charge in [0.25, 0.3) is 5.91 Å². The minimum absolute atomic E-state index is 0.0216. The number of rotatable bonds is 6. The number of hydrogen-bond donors (Lipinski definition) is 2. The summed E-state index contributed by atoms with van der Waals surface area (Å²) in [5, 5.41) is 14.3. The summed E-state index contributed by atoms with van der Waals surface area (Å²) < 4.78 is 0. The number of hydrogen-bond acceptors (Lipinski definition) is 3. The lowest BCUT2D eigenvalue weighted by Crippen LogP contribution is -2.13. The molecule has 2 N–H and O–H groups in total. The average Bonchev–Trinajstić information content (AvgIpc) is 2.61. The first kappa shape index (κ1) is 17.2. The van der Waals surface area contributed by atoms with E-state index < -0.39 is 0 Å². The lowest BCUT2D eigenvalue weighted by molar-refractivity contribution is -0.116. The number of nitriles is 1. The molecule has 0 saturated carbocycles. The van der Waals surface area contributed by atoms with Crippen molar-refractivity contribution in [2.24, 2.45) is 0 Å². The number of benzene rings is 2. The minimum atomic E-state index is -0.247. The van der Waals surface area contributed by atoms with Crippen LogP contribution in [0.2, 0.25) is 0 Å². The molecule has 0 atom stereocenters. The Bertz CT molecular complexity index is 744. The van der Waals surface area contributed by atoms with Gasteiger partial charge in [-0.05, 0) is 55.0 Å². The largest absolute Gasteiger partial charge is 0.326 e. The van der Waals surface area contributed by atoms with Gasteiger partial charge < -0.3 is 10.6 Å². The molecule has 0 aliphatic heterocycles. The van der Waals surface area contributed by atoms with E-state index in [0.717, 1.165) is 12.8 Å². The van der Waals surface area contributed by atoms with Gasteiger partial charge in [0, 0.05) is 23.4 Å². The maximum absolute atomic E-state index is 12.2. The number of unbranched alkanes of at least 4 members (excludes halogenated alkanes) is 1. The number of anilines is 2. The van der Waals surface area contributed by atoms with Gasteiger partial charge in [-0.15, -0.1) is 0 Å². The van der Waals surface area contributed by atoms with E-state index in [1.807, 2.05) is 13.0 Å². The summed E-state index contributed by atoms with van der Waals surface area (Å²) in [6, 6.07) is 15.4. The molecule has 5 heteroatoms. The van der Waals surface area contributed by atoms with Crippen LogP contribution in [0.15, 0.2) is 48.5 Å². The molecule has 2 aromatic rings. The molecule has 2 rings (SSSR count). The van der Waals surface area contributed by atoms with Crippen LogP contribution in [0.25, 0.3) is 0 Å². The number of amides is 2. The Hall–Kier alpha value is -3.13. The zero-order valence-electron chi connectivity index (χ0n) is 13.5. The second kappa shape index (κ2) is 8.49. The van der Waals surface area contributed by atoms with Crippen molar-refractivity contribution in [3.8, 4) is 6.07 Å². The van der Waals surface area contributed by atoms with Gasteiger partial charge in [0.1, 0.15) is 0 Å². The van der Waals surface area contributed by atoms with E-state index in [2.05, 4.69) is 10.6 Å². The molecule has 0 aromatic heterocycles. The summed E-state index contributed by atoms with van der Waals surface area (Å²) in [6.45, 7) is 2.04. The Morgan fingerprint density at radius 1 is 0.958 bits per heavy atom. The van der Waals surface area contributed by atoms with Crippen LogP contribution in [0.1, 0.15) is 42.1 Å². The van der Waals surface area contributed by atoms with Crippen molar-refractivity contribution in [2.45, 2.75) is 26.2 Å². The average molecular weight is 321 g/mol. The van der Waals surface area contributed by atoms with E-state index in [1.165, 1.54) is 0 Å². The number of nitrogens with zero attached hydrogens (tertiary/aromatic N) is 1. The van der Waals surface area contributed by atoms with Crippen LogP contribution in [-0.4, -0.2) is 11.8 Å². The molecule has 0 bridgehead atoms. The summed E-state index contributed by atoms with van der Waals surface area (Å²) in [7, 11) is 0. The third kappa shape index (κ3) is 4.96. The van der Waals surface area contributed by atoms with E-state index in [0.29, 0.717) is 28.9 Å². The fourth-order valence-corrected chi connectivity index (χ4v) is 2.10. The zero-order valence-corrected chi connectivity index (χ0v) is 13.5.